The van der Waals surface area contributed by atoms with Crippen molar-refractivity contribution in [3.05, 3.63) is 57.8 Å². The lowest BCUT2D eigenvalue weighted by molar-refractivity contribution is -0.122. The molecule has 1 aliphatic heterocycles. The second-order valence-electron chi connectivity index (χ2n) is 5.05. The van der Waals surface area contributed by atoms with Crippen LogP contribution in [0.5, 0.6) is 0 Å². The first-order valence-electron chi connectivity index (χ1n) is 6.86. The molecule has 2 aromatic rings. The third-order valence-corrected chi connectivity index (χ3v) is 4.58. The first-order chi connectivity index (χ1) is 10.6. The summed E-state index contributed by atoms with van der Waals surface area (Å²) in [5.41, 5.74) is 0.707. The maximum atomic E-state index is 12.2. The molecule has 0 unspecified atom stereocenters. The molecule has 112 valence electrons. The van der Waals surface area contributed by atoms with Crippen molar-refractivity contribution in [2.75, 3.05) is 6.54 Å². The van der Waals surface area contributed by atoms with Crippen molar-refractivity contribution in [3.8, 4) is 0 Å². The fourth-order valence-corrected chi connectivity index (χ4v) is 3.16. The summed E-state index contributed by atoms with van der Waals surface area (Å²) in [6.45, 7) is 1.61. The highest BCUT2D eigenvalue weighted by Crippen LogP contribution is 2.22. The van der Waals surface area contributed by atoms with Gasteiger partial charge in [-0.25, -0.2) is 0 Å². The zero-order chi connectivity index (χ0) is 15.7. The number of hydrogen-bond acceptors (Lipinski definition) is 4. The van der Waals surface area contributed by atoms with Crippen LogP contribution in [0.2, 0.25) is 0 Å². The molecule has 1 aliphatic rings. The fourth-order valence-electron chi connectivity index (χ4n) is 2.42. The number of rotatable bonds is 4. The minimum absolute atomic E-state index is 0.150. The Labute approximate surface area is 131 Å². The van der Waals surface area contributed by atoms with Crippen molar-refractivity contribution in [1.82, 2.24) is 10.2 Å². The summed E-state index contributed by atoms with van der Waals surface area (Å²) < 4.78 is 0. The molecular weight excluding hydrogens is 300 g/mol. The molecule has 0 aliphatic carbocycles. The van der Waals surface area contributed by atoms with E-state index in [4.69, 9.17) is 0 Å². The molecule has 0 saturated carbocycles. The minimum Gasteiger partial charge on any atom is -0.347 e. The number of amides is 3. The SMILES string of the molecule is C[C@H](NC(=O)CN1C(=O)c2ccccc2C1=O)c1cccs1. The predicted molar refractivity (Wildman–Crippen MR) is 82.7 cm³/mol. The molecule has 0 bridgehead atoms. The van der Waals surface area contributed by atoms with Crippen LogP contribution in [0.25, 0.3) is 0 Å². The number of carbonyl (C=O) groups is 3. The summed E-state index contributed by atoms with van der Waals surface area (Å²) in [7, 11) is 0. The van der Waals surface area contributed by atoms with Gasteiger partial charge in [0.2, 0.25) is 5.91 Å². The predicted octanol–water partition coefficient (Wildman–Crippen LogP) is 2.22. The maximum Gasteiger partial charge on any atom is 0.262 e. The normalized spacial score (nSPS) is 14.9. The van der Waals surface area contributed by atoms with E-state index in [0.717, 1.165) is 9.78 Å². The summed E-state index contributed by atoms with van der Waals surface area (Å²) in [4.78, 5) is 38.5. The zero-order valence-corrected chi connectivity index (χ0v) is 12.7. The number of fused-ring (bicyclic) bond motifs is 1. The van der Waals surface area contributed by atoms with Crippen LogP contribution in [0.15, 0.2) is 41.8 Å². The van der Waals surface area contributed by atoms with Crippen molar-refractivity contribution < 1.29 is 14.4 Å². The van der Waals surface area contributed by atoms with E-state index >= 15 is 0 Å². The highest BCUT2D eigenvalue weighted by Gasteiger charge is 2.36. The molecule has 5 nitrogen and oxygen atoms in total. The Morgan fingerprint density at radius 3 is 2.32 bits per heavy atom. The average molecular weight is 314 g/mol. The first-order valence-corrected chi connectivity index (χ1v) is 7.74. The monoisotopic (exact) mass is 314 g/mol. The summed E-state index contributed by atoms with van der Waals surface area (Å²) in [5, 5.41) is 4.74. The van der Waals surface area contributed by atoms with Gasteiger partial charge in [0, 0.05) is 4.88 Å². The molecule has 6 heteroatoms. The van der Waals surface area contributed by atoms with Crippen LogP contribution in [0.4, 0.5) is 0 Å². The zero-order valence-electron chi connectivity index (χ0n) is 11.9. The Balaban J connectivity index is 1.68. The smallest absolute Gasteiger partial charge is 0.262 e. The first kappa shape index (κ1) is 14.5. The topological polar surface area (TPSA) is 66.5 Å². The van der Waals surface area contributed by atoms with E-state index in [-0.39, 0.29) is 18.5 Å². The van der Waals surface area contributed by atoms with Crippen LogP contribution in [0.3, 0.4) is 0 Å². The Morgan fingerprint density at radius 2 is 1.77 bits per heavy atom. The molecule has 1 atom stereocenters. The van der Waals surface area contributed by atoms with Gasteiger partial charge >= 0.3 is 0 Å². The average Bonchev–Trinajstić information content (AvgIpc) is 3.12. The molecule has 3 rings (SSSR count). The second-order valence-corrected chi connectivity index (χ2v) is 6.03. The summed E-state index contributed by atoms with van der Waals surface area (Å²) in [5.74, 6) is -1.19. The van der Waals surface area contributed by atoms with Crippen molar-refractivity contribution in [1.29, 1.82) is 0 Å². The molecule has 22 heavy (non-hydrogen) atoms. The fraction of sp³-hybridized carbons (Fsp3) is 0.188. The van der Waals surface area contributed by atoms with Gasteiger partial charge in [0.15, 0.2) is 0 Å². The number of nitrogens with zero attached hydrogens (tertiary/aromatic N) is 1. The van der Waals surface area contributed by atoms with Gasteiger partial charge in [0.1, 0.15) is 6.54 Å². The van der Waals surface area contributed by atoms with Crippen molar-refractivity contribution in [3.63, 3.8) is 0 Å². The van der Waals surface area contributed by atoms with Gasteiger partial charge in [-0.15, -0.1) is 11.3 Å². The standard InChI is InChI=1S/C16H14N2O3S/c1-10(13-7-4-8-22-13)17-14(19)9-18-15(20)11-5-2-3-6-12(11)16(18)21/h2-8,10H,9H2,1H3,(H,17,19)/t10-/m0/s1. The Kier molecular flexibility index (Phi) is 3.77. The van der Waals surface area contributed by atoms with Crippen LogP contribution in [0.1, 0.15) is 38.6 Å². The Bertz CT molecular complexity index is 705. The van der Waals surface area contributed by atoms with E-state index in [1.165, 1.54) is 0 Å². The van der Waals surface area contributed by atoms with Crippen molar-refractivity contribution in [2.24, 2.45) is 0 Å². The molecule has 1 aromatic heterocycles. The quantitative estimate of drug-likeness (QED) is 0.880. The number of hydrogen-bond donors (Lipinski definition) is 1. The number of imide groups is 1. The lowest BCUT2D eigenvalue weighted by atomic mass is 10.1. The lowest BCUT2D eigenvalue weighted by Crippen LogP contribution is -2.41. The molecule has 0 fully saturated rings. The van der Waals surface area contributed by atoms with Crippen LogP contribution >= 0.6 is 11.3 Å². The molecule has 3 amide bonds. The Hall–Kier alpha value is -2.47. The lowest BCUT2D eigenvalue weighted by Gasteiger charge is -2.16. The van der Waals surface area contributed by atoms with Crippen LogP contribution < -0.4 is 5.32 Å². The molecule has 0 saturated heterocycles. The van der Waals surface area contributed by atoms with Crippen molar-refractivity contribution in [2.45, 2.75) is 13.0 Å². The molecule has 1 aromatic carbocycles. The van der Waals surface area contributed by atoms with E-state index < -0.39 is 11.8 Å². The van der Waals surface area contributed by atoms with Crippen LogP contribution in [-0.4, -0.2) is 29.2 Å². The van der Waals surface area contributed by atoms with Crippen LogP contribution in [0, 0.1) is 0 Å². The van der Waals surface area contributed by atoms with E-state index in [0.29, 0.717) is 11.1 Å². The van der Waals surface area contributed by atoms with Gasteiger partial charge in [-0.05, 0) is 30.5 Å². The van der Waals surface area contributed by atoms with E-state index in [2.05, 4.69) is 5.32 Å². The highest BCUT2D eigenvalue weighted by atomic mass is 32.1. The highest BCUT2D eigenvalue weighted by molar-refractivity contribution is 7.10. The van der Waals surface area contributed by atoms with E-state index in [1.807, 2.05) is 24.4 Å². The van der Waals surface area contributed by atoms with E-state index in [9.17, 15) is 14.4 Å². The third-order valence-electron chi connectivity index (χ3n) is 3.53. The van der Waals surface area contributed by atoms with Gasteiger partial charge < -0.3 is 5.32 Å². The molecule has 1 N–H and O–H groups in total. The van der Waals surface area contributed by atoms with Crippen molar-refractivity contribution >= 4 is 29.1 Å². The van der Waals surface area contributed by atoms with E-state index in [1.54, 1.807) is 35.6 Å². The number of thiophene rings is 1. The van der Waals surface area contributed by atoms with Gasteiger partial charge in [-0.3, -0.25) is 19.3 Å². The largest absolute Gasteiger partial charge is 0.347 e. The molecule has 0 radical (unpaired) electrons. The maximum absolute atomic E-state index is 12.2. The van der Waals surface area contributed by atoms with Gasteiger partial charge in [0.05, 0.1) is 17.2 Å². The minimum atomic E-state index is -0.417. The number of benzene rings is 1. The van der Waals surface area contributed by atoms with Gasteiger partial charge in [-0.1, -0.05) is 18.2 Å². The summed E-state index contributed by atoms with van der Waals surface area (Å²) in [6.07, 6.45) is 0. The molecular formula is C16H14N2O3S. The molecule has 2 heterocycles. The number of nitrogens with one attached hydrogen (secondary N) is 1. The van der Waals surface area contributed by atoms with Crippen LogP contribution in [-0.2, 0) is 4.79 Å². The third kappa shape index (κ3) is 2.53. The summed E-state index contributed by atoms with van der Waals surface area (Å²) in [6, 6.07) is 10.3. The summed E-state index contributed by atoms with van der Waals surface area (Å²) >= 11 is 1.54. The second kappa shape index (κ2) is 5.73. The molecule has 0 spiro atoms. The van der Waals surface area contributed by atoms with Gasteiger partial charge in [-0.2, -0.15) is 0 Å². The van der Waals surface area contributed by atoms with Gasteiger partial charge in [0.25, 0.3) is 11.8 Å². The Morgan fingerprint density at radius 1 is 1.14 bits per heavy atom. The number of carbonyl (C=O) groups excluding carboxylic acids is 3.